The maximum atomic E-state index is 11.9. The summed E-state index contributed by atoms with van der Waals surface area (Å²) in [7, 11) is 0. The van der Waals surface area contributed by atoms with Gasteiger partial charge in [0, 0.05) is 32.8 Å². The Morgan fingerprint density at radius 1 is 0.914 bits per heavy atom. The zero-order chi connectivity index (χ0) is 25.7. The lowest BCUT2D eigenvalue weighted by Crippen LogP contribution is -2.55. The third-order valence-corrected chi connectivity index (χ3v) is 6.17. The standard InChI is InChI=1S/C27H41NO7/c1-5-6-7-8-16-27(34-17-18-35-27)25-13-11-24(12-14-25)10-9-15-26(28-21(2)29,19-32-22(3)30)20-33-23(4)31/h11-14H,5-10,15-20H2,1-4H3,(H,28,29). The molecule has 0 atom stereocenters. The van der Waals surface area contributed by atoms with Gasteiger partial charge in [-0.25, -0.2) is 0 Å². The number of benzene rings is 1. The molecule has 1 aromatic carbocycles. The number of carbonyl (C=O) groups excluding carboxylic acids is 3. The van der Waals surface area contributed by atoms with Gasteiger partial charge in [0.1, 0.15) is 18.8 Å². The minimum atomic E-state index is -0.975. The van der Waals surface area contributed by atoms with Crippen LogP contribution >= 0.6 is 0 Å². The van der Waals surface area contributed by atoms with Crippen LogP contribution in [0.4, 0.5) is 0 Å². The summed E-state index contributed by atoms with van der Waals surface area (Å²) in [5.41, 5.74) is 1.19. The van der Waals surface area contributed by atoms with Gasteiger partial charge in [0.2, 0.25) is 5.91 Å². The van der Waals surface area contributed by atoms with Crippen molar-refractivity contribution >= 4 is 17.8 Å². The number of nitrogens with one attached hydrogen (secondary N) is 1. The van der Waals surface area contributed by atoms with E-state index in [4.69, 9.17) is 18.9 Å². The highest BCUT2D eigenvalue weighted by Gasteiger charge is 2.38. The summed E-state index contributed by atoms with van der Waals surface area (Å²) in [4.78, 5) is 34.7. The van der Waals surface area contributed by atoms with E-state index in [0.29, 0.717) is 26.1 Å². The molecule has 0 aliphatic carbocycles. The Bertz CT molecular complexity index is 797. The van der Waals surface area contributed by atoms with Gasteiger partial charge in [-0.3, -0.25) is 14.4 Å². The molecule has 1 aliphatic rings. The van der Waals surface area contributed by atoms with Gasteiger partial charge in [0.15, 0.2) is 5.79 Å². The average molecular weight is 492 g/mol. The maximum absolute atomic E-state index is 11.9. The van der Waals surface area contributed by atoms with E-state index in [1.165, 1.54) is 40.0 Å². The fraction of sp³-hybridized carbons (Fsp3) is 0.667. The molecule has 196 valence electrons. The Morgan fingerprint density at radius 2 is 1.51 bits per heavy atom. The quantitative estimate of drug-likeness (QED) is 0.290. The number of carbonyl (C=O) groups is 3. The number of unbranched alkanes of at least 4 members (excludes halogenated alkanes) is 3. The average Bonchev–Trinajstić information content (AvgIpc) is 3.29. The zero-order valence-electron chi connectivity index (χ0n) is 21.7. The molecule has 1 heterocycles. The van der Waals surface area contributed by atoms with Crippen LogP contribution in [0.1, 0.15) is 83.8 Å². The molecular formula is C27H41NO7. The van der Waals surface area contributed by atoms with Crippen LogP contribution < -0.4 is 5.32 Å². The van der Waals surface area contributed by atoms with E-state index in [0.717, 1.165) is 30.4 Å². The molecular weight excluding hydrogens is 450 g/mol. The van der Waals surface area contributed by atoms with E-state index >= 15 is 0 Å². The second kappa shape index (κ2) is 14.2. The van der Waals surface area contributed by atoms with Crippen molar-refractivity contribution in [3.63, 3.8) is 0 Å². The van der Waals surface area contributed by atoms with E-state index in [9.17, 15) is 14.4 Å². The first kappa shape index (κ1) is 28.8. The molecule has 0 saturated carbocycles. The van der Waals surface area contributed by atoms with Crippen molar-refractivity contribution in [2.75, 3.05) is 26.4 Å². The molecule has 1 saturated heterocycles. The van der Waals surface area contributed by atoms with Gasteiger partial charge in [-0.05, 0) is 31.2 Å². The number of hydrogen-bond acceptors (Lipinski definition) is 7. The summed E-state index contributed by atoms with van der Waals surface area (Å²) in [5, 5.41) is 2.84. The normalized spacial score (nSPS) is 15.0. The molecule has 0 aromatic heterocycles. The Kier molecular flexibility index (Phi) is 11.7. The summed E-state index contributed by atoms with van der Waals surface area (Å²) in [5.74, 6) is -1.85. The van der Waals surface area contributed by atoms with Crippen molar-refractivity contribution in [2.45, 2.75) is 90.4 Å². The predicted molar refractivity (Wildman–Crippen MR) is 132 cm³/mol. The van der Waals surface area contributed by atoms with Crippen LogP contribution in [0.2, 0.25) is 0 Å². The zero-order valence-corrected chi connectivity index (χ0v) is 21.7. The number of rotatable bonds is 15. The van der Waals surface area contributed by atoms with Crippen molar-refractivity contribution in [3.8, 4) is 0 Å². The van der Waals surface area contributed by atoms with Gasteiger partial charge in [0.05, 0.1) is 13.2 Å². The molecule has 0 bridgehead atoms. The molecule has 1 N–H and O–H groups in total. The van der Waals surface area contributed by atoms with Gasteiger partial charge in [-0.1, -0.05) is 50.5 Å². The molecule has 8 heteroatoms. The van der Waals surface area contributed by atoms with Gasteiger partial charge < -0.3 is 24.3 Å². The van der Waals surface area contributed by atoms with Crippen LogP contribution in [0.15, 0.2) is 24.3 Å². The highest BCUT2D eigenvalue weighted by Crippen LogP contribution is 2.37. The fourth-order valence-electron chi connectivity index (χ4n) is 4.42. The van der Waals surface area contributed by atoms with Crippen molar-refractivity contribution in [1.82, 2.24) is 5.32 Å². The van der Waals surface area contributed by atoms with E-state index in [1.807, 2.05) is 0 Å². The molecule has 2 rings (SSSR count). The van der Waals surface area contributed by atoms with Gasteiger partial charge >= 0.3 is 11.9 Å². The SMILES string of the molecule is CCCCCCC1(c2ccc(CCCC(COC(C)=O)(COC(C)=O)NC(C)=O)cc2)OCCO1. The lowest BCUT2D eigenvalue weighted by Gasteiger charge is -2.33. The fourth-order valence-corrected chi connectivity index (χ4v) is 4.42. The highest BCUT2D eigenvalue weighted by molar-refractivity contribution is 5.74. The molecule has 0 radical (unpaired) electrons. The molecule has 1 aliphatic heterocycles. The first-order valence-electron chi connectivity index (χ1n) is 12.6. The number of amides is 1. The largest absolute Gasteiger partial charge is 0.463 e. The molecule has 1 fully saturated rings. The number of ether oxygens (including phenoxy) is 4. The lowest BCUT2D eigenvalue weighted by atomic mass is 9.91. The summed E-state index contributed by atoms with van der Waals surface area (Å²) >= 11 is 0. The van der Waals surface area contributed by atoms with E-state index in [1.54, 1.807) is 0 Å². The second-order valence-electron chi connectivity index (χ2n) is 9.33. The third kappa shape index (κ3) is 9.61. The Balaban J connectivity index is 2.03. The van der Waals surface area contributed by atoms with E-state index in [2.05, 4.69) is 36.5 Å². The van der Waals surface area contributed by atoms with Crippen molar-refractivity contribution in [3.05, 3.63) is 35.4 Å². The molecule has 8 nitrogen and oxygen atoms in total. The van der Waals surface area contributed by atoms with Crippen LogP contribution in [-0.2, 0) is 45.5 Å². The van der Waals surface area contributed by atoms with Crippen LogP contribution in [-0.4, -0.2) is 49.8 Å². The van der Waals surface area contributed by atoms with Crippen molar-refractivity contribution < 1.29 is 33.3 Å². The smallest absolute Gasteiger partial charge is 0.302 e. The predicted octanol–water partition coefficient (Wildman–Crippen LogP) is 4.18. The van der Waals surface area contributed by atoms with E-state index in [-0.39, 0.29) is 19.1 Å². The summed E-state index contributed by atoms with van der Waals surface area (Å²) < 4.78 is 22.5. The number of hydrogen-bond donors (Lipinski definition) is 1. The van der Waals surface area contributed by atoms with Gasteiger partial charge in [0.25, 0.3) is 0 Å². The second-order valence-corrected chi connectivity index (χ2v) is 9.33. The monoisotopic (exact) mass is 491 g/mol. The minimum absolute atomic E-state index is 0.0661. The molecule has 35 heavy (non-hydrogen) atoms. The highest BCUT2D eigenvalue weighted by atomic mass is 16.7. The van der Waals surface area contributed by atoms with E-state index < -0.39 is 23.3 Å². The van der Waals surface area contributed by atoms with Crippen LogP contribution in [0, 0.1) is 0 Å². The first-order valence-corrected chi connectivity index (χ1v) is 12.6. The topological polar surface area (TPSA) is 100 Å². The van der Waals surface area contributed by atoms with Crippen molar-refractivity contribution in [1.29, 1.82) is 0 Å². The molecule has 1 aromatic rings. The van der Waals surface area contributed by atoms with Gasteiger partial charge in [-0.2, -0.15) is 0 Å². The molecule has 0 unspecified atom stereocenters. The Labute approximate surface area is 209 Å². The van der Waals surface area contributed by atoms with Crippen LogP contribution in [0.5, 0.6) is 0 Å². The minimum Gasteiger partial charge on any atom is -0.463 e. The van der Waals surface area contributed by atoms with Crippen LogP contribution in [0.3, 0.4) is 0 Å². The number of esters is 2. The maximum Gasteiger partial charge on any atom is 0.302 e. The lowest BCUT2D eigenvalue weighted by molar-refractivity contribution is -0.171. The summed E-state index contributed by atoms with van der Waals surface area (Å²) in [6.07, 6.45) is 7.38. The Hall–Kier alpha value is -2.45. The van der Waals surface area contributed by atoms with Crippen molar-refractivity contribution in [2.24, 2.45) is 0 Å². The molecule has 1 amide bonds. The van der Waals surface area contributed by atoms with Crippen LogP contribution in [0.25, 0.3) is 0 Å². The Morgan fingerprint density at radius 3 is 2.03 bits per heavy atom. The summed E-state index contributed by atoms with van der Waals surface area (Å²) in [6.45, 7) is 7.27. The summed E-state index contributed by atoms with van der Waals surface area (Å²) in [6, 6.07) is 8.29. The first-order chi connectivity index (χ1) is 16.7. The molecule has 0 spiro atoms. The van der Waals surface area contributed by atoms with Gasteiger partial charge in [-0.15, -0.1) is 0 Å². The third-order valence-electron chi connectivity index (χ3n) is 6.17. The number of aryl methyl sites for hydroxylation is 1.